The van der Waals surface area contributed by atoms with Crippen LogP contribution < -0.4 is 16.1 Å². The molecule has 0 saturated heterocycles. The lowest BCUT2D eigenvalue weighted by Crippen LogP contribution is -2.40. The first kappa shape index (κ1) is 18.0. The van der Waals surface area contributed by atoms with Gasteiger partial charge in [0, 0.05) is 12.5 Å². The Kier molecular flexibility index (Phi) is 5.95. The Balaban J connectivity index is 2.07. The van der Waals surface area contributed by atoms with Crippen LogP contribution in [0.25, 0.3) is 0 Å². The molecule has 0 bridgehead atoms. The molecule has 6 heteroatoms. The number of amides is 2. The number of hydrogen-bond donors (Lipinski definition) is 2. The van der Waals surface area contributed by atoms with Crippen molar-refractivity contribution in [1.29, 1.82) is 0 Å². The number of nitrogens with zero attached hydrogens (tertiary/aromatic N) is 2. The first-order chi connectivity index (χ1) is 11.4. The molecule has 0 aliphatic carbocycles. The van der Waals surface area contributed by atoms with Crippen molar-refractivity contribution in [2.24, 2.45) is 16.8 Å². The van der Waals surface area contributed by atoms with Crippen molar-refractivity contribution in [2.45, 2.75) is 52.1 Å². The third-order valence-electron chi connectivity index (χ3n) is 4.08. The second-order valence-corrected chi connectivity index (χ2v) is 6.69. The van der Waals surface area contributed by atoms with E-state index in [0.717, 1.165) is 18.5 Å². The molecule has 1 aromatic carbocycles. The fourth-order valence-electron chi connectivity index (χ4n) is 2.65. The van der Waals surface area contributed by atoms with Crippen molar-refractivity contribution in [3.8, 4) is 0 Å². The van der Waals surface area contributed by atoms with Gasteiger partial charge >= 0.3 is 0 Å². The number of primary amides is 1. The van der Waals surface area contributed by atoms with E-state index >= 15 is 0 Å². The third kappa shape index (κ3) is 4.57. The highest BCUT2D eigenvalue weighted by Gasteiger charge is 2.35. The number of carbonyl (C=O) groups is 2. The molecular formula is C18H26N4O2. The van der Waals surface area contributed by atoms with Gasteiger partial charge in [-0.3, -0.25) is 14.6 Å². The molecule has 0 saturated carbocycles. The smallest absolute Gasteiger partial charge is 0.267 e. The predicted molar refractivity (Wildman–Crippen MR) is 95.6 cm³/mol. The van der Waals surface area contributed by atoms with Gasteiger partial charge in [0.2, 0.25) is 5.91 Å². The fourth-order valence-corrected chi connectivity index (χ4v) is 2.65. The summed E-state index contributed by atoms with van der Waals surface area (Å²) in [6.45, 7) is 6.30. The summed E-state index contributed by atoms with van der Waals surface area (Å²) in [5.41, 5.74) is 6.58. The van der Waals surface area contributed by atoms with Gasteiger partial charge in [0.15, 0.2) is 0 Å². The van der Waals surface area contributed by atoms with Gasteiger partial charge < -0.3 is 11.1 Å². The van der Waals surface area contributed by atoms with Gasteiger partial charge in [0.1, 0.15) is 11.8 Å². The molecule has 0 fully saturated rings. The monoisotopic (exact) mass is 330 g/mol. The predicted octanol–water partition coefficient (Wildman–Crippen LogP) is 2.05. The summed E-state index contributed by atoms with van der Waals surface area (Å²) in [6, 6.07) is 8.72. The van der Waals surface area contributed by atoms with E-state index < -0.39 is 11.9 Å². The largest absolute Gasteiger partial charge is 0.368 e. The van der Waals surface area contributed by atoms with Gasteiger partial charge in [-0.25, -0.2) is 0 Å². The minimum Gasteiger partial charge on any atom is -0.368 e. The molecule has 0 spiro atoms. The maximum absolute atomic E-state index is 12.4. The molecule has 2 rings (SSSR count). The number of nitrogens with two attached hydrogens (primary N) is 1. The van der Waals surface area contributed by atoms with Crippen LogP contribution in [0.3, 0.4) is 0 Å². The summed E-state index contributed by atoms with van der Waals surface area (Å²) >= 11 is 0. The Morgan fingerprint density at radius 2 is 1.92 bits per heavy atom. The van der Waals surface area contributed by atoms with E-state index in [4.69, 9.17) is 5.73 Å². The van der Waals surface area contributed by atoms with Crippen LogP contribution in [0.4, 0.5) is 5.69 Å². The zero-order valence-electron chi connectivity index (χ0n) is 14.5. The molecule has 3 N–H and O–H groups in total. The SMILES string of the molecule is CC(C)CC[C@@H](C)NC(=O)C1=NN(c2ccccc2)[C@@H](C(N)=O)C1. The number of anilines is 1. The molecule has 130 valence electrons. The van der Waals surface area contributed by atoms with Crippen LogP contribution in [-0.4, -0.2) is 29.6 Å². The number of rotatable bonds is 7. The first-order valence-corrected chi connectivity index (χ1v) is 8.40. The highest BCUT2D eigenvalue weighted by molar-refractivity contribution is 6.40. The topological polar surface area (TPSA) is 87.8 Å². The van der Waals surface area contributed by atoms with Gasteiger partial charge in [-0.2, -0.15) is 5.10 Å². The lowest BCUT2D eigenvalue weighted by Gasteiger charge is -2.20. The minimum atomic E-state index is -0.626. The summed E-state index contributed by atoms with van der Waals surface area (Å²) in [7, 11) is 0. The first-order valence-electron chi connectivity index (χ1n) is 8.40. The molecule has 0 unspecified atom stereocenters. The molecular weight excluding hydrogens is 304 g/mol. The Morgan fingerprint density at radius 1 is 1.25 bits per heavy atom. The molecule has 1 aliphatic heterocycles. The molecule has 1 aromatic rings. The normalized spacial score (nSPS) is 18.4. The van der Waals surface area contributed by atoms with E-state index in [0.29, 0.717) is 11.6 Å². The van der Waals surface area contributed by atoms with E-state index in [1.54, 1.807) is 0 Å². The van der Waals surface area contributed by atoms with Gasteiger partial charge in [0.25, 0.3) is 5.91 Å². The molecule has 2 amide bonds. The van der Waals surface area contributed by atoms with E-state index in [1.165, 1.54) is 5.01 Å². The van der Waals surface area contributed by atoms with Crippen molar-refractivity contribution in [3.05, 3.63) is 30.3 Å². The van der Waals surface area contributed by atoms with E-state index in [2.05, 4.69) is 24.3 Å². The van der Waals surface area contributed by atoms with Crippen molar-refractivity contribution >= 4 is 23.2 Å². The summed E-state index contributed by atoms with van der Waals surface area (Å²) in [6.07, 6.45) is 2.19. The number of carbonyl (C=O) groups excluding carboxylic acids is 2. The van der Waals surface area contributed by atoms with E-state index in [-0.39, 0.29) is 18.4 Å². The summed E-state index contributed by atoms with van der Waals surface area (Å²) < 4.78 is 0. The molecule has 24 heavy (non-hydrogen) atoms. The zero-order valence-corrected chi connectivity index (χ0v) is 14.5. The number of nitrogens with one attached hydrogen (secondary N) is 1. The zero-order chi connectivity index (χ0) is 17.7. The lowest BCUT2D eigenvalue weighted by molar-refractivity contribution is -0.119. The van der Waals surface area contributed by atoms with Gasteiger partial charge in [0.05, 0.1) is 5.69 Å². The Morgan fingerprint density at radius 3 is 2.50 bits per heavy atom. The summed E-state index contributed by atoms with van der Waals surface area (Å²) in [5, 5.41) is 8.84. The maximum Gasteiger partial charge on any atom is 0.267 e. The highest BCUT2D eigenvalue weighted by Crippen LogP contribution is 2.24. The van der Waals surface area contributed by atoms with Crippen LogP contribution in [0.1, 0.15) is 40.0 Å². The van der Waals surface area contributed by atoms with Crippen LogP contribution >= 0.6 is 0 Å². The number of hydrogen-bond acceptors (Lipinski definition) is 4. The van der Waals surface area contributed by atoms with Gasteiger partial charge in [-0.15, -0.1) is 0 Å². The Labute approximate surface area is 143 Å². The van der Waals surface area contributed by atoms with Crippen LogP contribution in [0.2, 0.25) is 0 Å². The van der Waals surface area contributed by atoms with Crippen LogP contribution in [0.15, 0.2) is 35.4 Å². The molecule has 1 aliphatic rings. The second-order valence-electron chi connectivity index (χ2n) is 6.69. The number of hydrazone groups is 1. The minimum absolute atomic E-state index is 0.0698. The van der Waals surface area contributed by atoms with Crippen molar-refractivity contribution in [2.75, 3.05) is 5.01 Å². The number of para-hydroxylation sites is 1. The maximum atomic E-state index is 12.4. The fraction of sp³-hybridized carbons (Fsp3) is 0.500. The second kappa shape index (κ2) is 7.95. The summed E-state index contributed by atoms with van der Waals surface area (Å²) in [5.74, 6) is -0.116. The van der Waals surface area contributed by atoms with Gasteiger partial charge in [-0.05, 0) is 37.8 Å². The molecule has 6 nitrogen and oxygen atoms in total. The summed E-state index contributed by atoms with van der Waals surface area (Å²) in [4.78, 5) is 24.2. The van der Waals surface area contributed by atoms with Crippen LogP contribution in [0, 0.1) is 5.92 Å². The van der Waals surface area contributed by atoms with Crippen molar-refractivity contribution in [3.63, 3.8) is 0 Å². The number of benzene rings is 1. The van der Waals surface area contributed by atoms with Crippen molar-refractivity contribution < 1.29 is 9.59 Å². The highest BCUT2D eigenvalue weighted by atomic mass is 16.2. The van der Waals surface area contributed by atoms with Gasteiger partial charge in [-0.1, -0.05) is 32.0 Å². The van der Waals surface area contributed by atoms with Crippen LogP contribution in [0.5, 0.6) is 0 Å². The third-order valence-corrected chi connectivity index (χ3v) is 4.08. The van der Waals surface area contributed by atoms with Crippen molar-refractivity contribution in [1.82, 2.24) is 5.32 Å². The molecule has 0 radical (unpaired) electrons. The van der Waals surface area contributed by atoms with E-state index in [1.807, 2.05) is 37.3 Å². The Bertz CT molecular complexity index is 613. The molecule has 0 aromatic heterocycles. The van der Waals surface area contributed by atoms with Crippen LogP contribution in [-0.2, 0) is 9.59 Å². The standard InChI is InChI=1S/C18H26N4O2/c1-12(2)9-10-13(3)20-18(24)15-11-16(17(19)23)22(21-15)14-7-5-4-6-8-14/h4-8,12-13,16H,9-11H2,1-3H3,(H2,19,23)(H,20,24)/t13-,16-/m1/s1. The quantitative estimate of drug-likeness (QED) is 0.802. The van der Waals surface area contributed by atoms with E-state index in [9.17, 15) is 9.59 Å². The Hall–Kier alpha value is -2.37. The average molecular weight is 330 g/mol. The molecule has 1 heterocycles. The average Bonchev–Trinajstić information content (AvgIpc) is 2.99. The molecule has 2 atom stereocenters. The lowest BCUT2D eigenvalue weighted by atomic mass is 10.0.